The Bertz CT molecular complexity index is 672. The number of benzene rings is 2. The van der Waals surface area contributed by atoms with E-state index in [9.17, 15) is 4.79 Å². The van der Waals surface area contributed by atoms with Crippen LogP contribution in [0.2, 0.25) is 0 Å². The smallest absolute Gasteiger partial charge is 0.150 e. The van der Waals surface area contributed by atoms with E-state index in [4.69, 9.17) is 0 Å². The molecule has 2 nitrogen and oxygen atoms in total. The van der Waals surface area contributed by atoms with Gasteiger partial charge in [-0.05, 0) is 67.0 Å². The van der Waals surface area contributed by atoms with Crippen LogP contribution in [0.25, 0.3) is 0 Å². The quantitative estimate of drug-likeness (QED) is 0.760. The van der Waals surface area contributed by atoms with Crippen LogP contribution in [0.1, 0.15) is 59.1 Å². The average molecular weight is 291 g/mol. The summed E-state index contributed by atoms with van der Waals surface area (Å²) in [7, 11) is 0. The van der Waals surface area contributed by atoms with E-state index in [0.29, 0.717) is 6.04 Å². The van der Waals surface area contributed by atoms with E-state index in [2.05, 4.69) is 41.3 Å². The lowest BCUT2D eigenvalue weighted by Gasteiger charge is -2.29. The fourth-order valence-electron chi connectivity index (χ4n) is 3.72. The van der Waals surface area contributed by atoms with E-state index in [1.807, 2.05) is 12.1 Å². The summed E-state index contributed by atoms with van der Waals surface area (Å²) in [5.74, 6) is 0.788. The molecule has 0 spiro atoms. The van der Waals surface area contributed by atoms with Crippen molar-refractivity contribution in [2.75, 3.05) is 11.4 Å². The number of hydrogen-bond acceptors (Lipinski definition) is 2. The lowest BCUT2D eigenvalue weighted by atomic mass is 9.95. The average Bonchev–Trinajstić information content (AvgIpc) is 3.32. The van der Waals surface area contributed by atoms with Gasteiger partial charge in [0.2, 0.25) is 0 Å². The Hall–Kier alpha value is -2.09. The highest BCUT2D eigenvalue weighted by molar-refractivity contribution is 5.75. The summed E-state index contributed by atoms with van der Waals surface area (Å²) in [5.41, 5.74) is 5.06. The molecule has 1 saturated carbocycles. The molecule has 2 aromatic carbocycles. The van der Waals surface area contributed by atoms with Crippen LogP contribution in [0.15, 0.2) is 48.5 Å². The van der Waals surface area contributed by atoms with Gasteiger partial charge in [-0.3, -0.25) is 4.79 Å². The number of nitrogens with zero attached hydrogens (tertiary/aromatic N) is 1. The minimum Gasteiger partial charge on any atom is -0.364 e. The van der Waals surface area contributed by atoms with Crippen molar-refractivity contribution in [3.63, 3.8) is 0 Å². The fourth-order valence-corrected chi connectivity index (χ4v) is 3.72. The highest BCUT2D eigenvalue weighted by Crippen LogP contribution is 2.46. The summed E-state index contributed by atoms with van der Waals surface area (Å²) in [4.78, 5) is 13.3. The second-order valence-corrected chi connectivity index (χ2v) is 6.46. The van der Waals surface area contributed by atoms with Gasteiger partial charge in [0, 0.05) is 17.8 Å². The maximum absolute atomic E-state index is 10.8. The fraction of sp³-hybridized carbons (Fsp3) is 0.350. The molecule has 2 heteroatoms. The van der Waals surface area contributed by atoms with Gasteiger partial charge in [-0.1, -0.05) is 24.3 Å². The van der Waals surface area contributed by atoms with Crippen molar-refractivity contribution < 1.29 is 4.79 Å². The van der Waals surface area contributed by atoms with Crippen molar-refractivity contribution in [2.24, 2.45) is 0 Å². The third-order valence-corrected chi connectivity index (χ3v) is 4.99. The molecule has 1 saturated heterocycles. The van der Waals surface area contributed by atoms with Crippen molar-refractivity contribution in [1.82, 2.24) is 0 Å². The van der Waals surface area contributed by atoms with Gasteiger partial charge in [0.05, 0.1) is 6.04 Å². The van der Waals surface area contributed by atoms with Crippen LogP contribution in [-0.2, 0) is 0 Å². The Morgan fingerprint density at radius 3 is 2.32 bits per heavy atom. The third kappa shape index (κ3) is 2.43. The number of carbonyl (C=O) groups excluding carboxylic acids is 1. The molecule has 1 atom stereocenters. The van der Waals surface area contributed by atoms with E-state index >= 15 is 0 Å². The molecule has 0 radical (unpaired) electrons. The maximum Gasteiger partial charge on any atom is 0.150 e. The molecule has 2 aromatic rings. The molecule has 0 amide bonds. The van der Waals surface area contributed by atoms with E-state index in [1.54, 1.807) is 5.56 Å². The Balaban J connectivity index is 1.67. The number of rotatable bonds is 4. The van der Waals surface area contributed by atoms with Gasteiger partial charge in [0.15, 0.2) is 0 Å². The van der Waals surface area contributed by atoms with Crippen LogP contribution in [-0.4, -0.2) is 12.8 Å². The van der Waals surface area contributed by atoms with Crippen molar-refractivity contribution in [3.8, 4) is 0 Å². The highest BCUT2D eigenvalue weighted by atomic mass is 16.1. The van der Waals surface area contributed by atoms with Gasteiger partial charge in [-0.2, -0.15) is 0 Å². The van der Waals surface area contributed by atoms with E-state index in [0.717, 1.165) is 24.3 Å². The molecule has 2 fully saturated rings. The first kappa shape index (κ1) is 13.6. The molecule has 1 aliphatic heterocycles. The van der Waals surface area contributed by atoms with Crippen LogP contribution in [0.3, 0.4) is 0 Å². The molecule has 0 unspecified atom stereocenters. The molecular formula is C20H21NO. The largest absolute Gasteiger partial charge is 0.364 e. The van der Waals surface area contributed by atoms with E-state index in [-0.39, 0.29) is 0 Å². The van der Waals surface area contributed by atoms with Gasteiger partial charge in [-0.25, -0.2) is 0 Å². The van der Waals surface area contributed by atoms with Crippen molar-refractivity contribution in [3.05, 3.63) is 65.2 Å². The summed E-state index contributed by atoms with van der Waals surface area (Å²) in [6.45, 7) is 1.10. The molecule has 22 heavy (non-hydrogen) atoms. The molecular weight excluding hydrogens is 270 g/mol. The lowest BCUT2D eigenvalue weighted by Crippen LogP contribution is -2.23. The lowest BCUT2D eigenvalue weighted by molar-refractivity contribution is 0.112. The van der Waals surface area contributed by atoms with Crippen molar-refractivity contribution >= 4 is 12.0 Å². The van der Waals surface area contributed by atoms with Crippen molar-refractivity contribution in [2.45, 2.75) is 37.6 Å². The summed E-state index contributed by atoms with van der Waals surface area (Å²) in [6.07, 6.45) is 6.06. The monoisotopic (exact) mass is 291 g/mol. The van der Waals surface area contributed by atoms with Crippen LogP contribution in [0.4, 0.5) is 5.69 Å². The molecule has 0 bridgehead atoms. The van der Waals surface area contributed by atoms with Gasteiger partial charge >= 0.3 is 0 Å². The molecule has 112 valence electrons. The minimum absolute atomic E-state index is 0.485. The maximum atomic E-state index is 10.8. The summed E-state index contributed by atoms with van der Waals surface area (Å²) in [6, 6.07) is 17.5. The Morgan fingerprint density at radius 2 is 1.64 bits per heavy atom. The predicted octanol–water partition coefficient (Wildman–Crippen LogP) is 4.72. The van der Waals surface area contributed by atoms with Crippen LogP contribution in [0.5, 0.6) is 0 Å². The van der Waals surface area contributed by atoms with Crippen LogP contribution >= 0.6 is 0 Å². The summed E-state index contributed by atoms with van der Waals surface area (Å²) >= 11 is 0. The van der Waals surface area contributed by atoms with Crippen LogP contribution < -0.4 is 4.90 Å². The van der Waals surface area contributed by atoms with E-state index < -0.39 is 0 Å². The zero-order valence-electron chi connectivity index (χ0n) is 12.7. The van der Waals surface area contributed by atoms with Gasteiger partial charge in [0.25, 0.3) is 0 Å². The normalized spacial score (nSPS) is 21.1. The Labute approximate surface area is 131 Å². The van der Waals surface area contributed by atoms with Crippen LogP contribution in [0, 0.1) is 0 Å². The number of hydrogen-bond donors (Lipinski definition) is 0. The third-order valence-electron chi connectivity index (χ3n) is 4.99. The summed E-state index contributed by atoms with van der Waals surface area (Å²) < 4.78 is 0. The zero-order valence-corrected chi connectivity index (χ0v) is 12.7. The second kappa shape index (κ2) is 5.60. The van der Waals surface area contributed by atoms with Crippen molar-refractivity contribution in [1.29, 1.82) is 0 Å². The molecule has 0 aromatic heterocycles. The van der Waals surface area contributed by atoms with Gasteiger partial charge in [-0.15, -0.1) is 0 Å². The molecule has 0 N–H and O–H groups in total. The first-order valence-corrected chi connectivity index (χ1v) is 8.27. The SMILES string of the molecule is O=Cc1ccc(N2CCC[C@@H]2c2ccccc2C2CC2)cc1. The van der Waals surface area contributed by atoms with E-state index in [1.165, 1.54) is 36.9 Å². The Morgan fingerprint density at radius 1 is 0.909 bits per heavy atom. The molecule has 2 aliphatic rings. The zero-order chi connectivity index (χ0) is 14.9. The van der Waals surface area contributed by atoms with Gasteiger partial charge < -0.3 is 4.90 Å². The standard InChI is InChI=1S/C20H21NO/c22-14-15-7-11-17(12-8-15)21-13-3-6-20(21)19-5-2-1-4-18(19)16-9-10-16/h1-2,4-5,7-8,11-12,14,16,20H,3,6,9-10,13H2/t20-/m1/s1. The predicted molar refractivity (Wildman–Crippen MR) is 89.6 cm³/mol. The Kier molecular flexibility index (Phi) is 3.45. The van der Waals surface area contributed by atoms with Gasteiger partial charge in [0.1, 0.15) is 6.29 Å². The molecule has 1 aliphatic carbocycles. The first-order chi connectivity index (χ1) is 10.9. The second-order valence-electron chi connectivity index (χ2n) is 6.46. The number of aldehydes is 1. The number of carbonyl (C=O) groups is 1. The number of anilines is 1. The minimum atomic E-state index is 0.485. The molecule has 4 rings (SSSR count). The summed E-state index contributed by atoms with van der Waals surface area (Å²) in [5, 5.41) is 0. The topological polar surface area (TPSA) is 20.3 Å². The highest BCUT2D eigenvalue weighted by Gasteiger charge is 2.32. The molecule has 1 heterocycles. The first-order valence-electron chi connectivity index (χ1n) is 8.27.